The summed E-state index contributed by atoms with van der Waals surface area (Å²) in [5.74, 6) is -0.205. The summed E-state index contributed by atoms with van der Waals surface area (Å²) in [6.45, 7) is 0.694. The van der Waals surface area contributed by atoms with E-state index in [0.717, 1.165) is 5.69 Å². The van der Waals surface area contributed by atoms with E-state index in [-0.39, 0.29) is 6.42 Å². The number of carboxylic acid groups (broad SMARTS) is 1. The highest BCUT2D eigenvalue weighted by Gasteiger charge is 2.04. The van der Waals surface area contributed by atoms with Crippen LogP contribution in [0.15, 0.2) is 18.3 Å². The van der Waals surface area contributed by atoms with Crippen LogP contribution in [0.4, 0.5) is 5.69 Å². The Kier molecular flexibility index (Phi) is 4.57. The summed E-state index contributed by atoms with van der Waals surface area (Å²) in [5.41, 5.74) is 0.970. The number of carbonyl (C=O) groups is 1. The van der Waals surface area contributed by atoms with Crippen LogP contribution in [0.2, 0.25) is 0 Å². The van der Waals surface area contributed by atoms with Crippen molar-refractivity contribution in [3.05, 3.63) is 18.3 Å². The van der Waals surface area contributed by atoms with Crippen molar-refractivity contribution in [2.75, 3.05) is 25.6 Å². The van der Waals surface area contributed by atoms with Crippen molar-refractivity contribution in [3.63, 3.8) is 0 Å². The van der Waals surface area contributed by atoms with Crippen LogP contribution in [-0.2, 0) is 4.79 Å². The Morgan fingerprint density at radius 3 is 3.00 bits per heavy atom. The van der Waals surface area contributed by atoms with Gasteiger partial charge in [0.1, 0.15) is 0 Å². The Morgan fingerprint density at radius 2 is 2.38 bits per heavy atom. The van der Waals surface area contributed by atoms with Crippen molar-refractivity contribution in [2.24, 2.45) is 0 Å². The first-order chi connectivity index (χ1) is 7.63. The van der Waals surface area contributed by atoms with Gasteiger partial charge in [0.25, 0.3) is 0 Å². The van der Waals surface area contributed by atoms with Crippen LogP contribution in [0.3, 0.4) is 0 Å². The van der Waals surface area contributed by atoms with E-state index in [1.807, 2.05) is 24.1 Å². The van der Waals surface area contributed by atoms with E-state index in [4.69, 9.17) is 9.84 Å². The number of aromatic nitrogens is 1. The molecule has 0 bridgehead atoms. The lowest BCUT2D eigenvalue weighted by atomic mass is 10.3. The lowest BCUT2D eigenvalue weighted by Gasteiger charge is -2.18. The molecule has 16 heavy (non-hydrogen) atoms. The van der Waals surface area contributed by atoms with E-state index < -0.39 is 5.97 Å². The third-order valence-electron chi connectivity index (χ3n) is 2.25. The van der Waals surface area contributed by atoms with Crippen molar-refractivity contribution in [2.45, 2.75) is 12.8 Å². The van der Waals surface area contributed by atoms with Gasteiger partial charge in [0.05, 0.1) is 7.11 Å². The molecule has 0 aliphatic heterocycles. The molecule has 0 spiro atoms. The second-order valence-corrected chi connectivity index (χ2v) is 3.48. The monoisotopic (exact) mass is 224 g/mol. The fourth-order valence-corrected chi connectivity index (χ4v) is 1.34. The largest absolute Gasteiger partial charge is 0.481 e. The second kappa shape index (κ2) is 5.95. The Balaban J connectivity index is 2.51. The maximum atomic E-state index is 10.4. The van der Waals surface area contributed by atoms with Crippen LogP contribution in [0.25, 0.3) is 0 Å². The van der Waals surface area contributed by atoms with Gasteiger partial charge in [-0.1, -0.05) is 0 Å². The van der Waals surface area contributed by atoms with Gasteiger partial charge < -0.3 is 14.7 Å². The quantitative estimate of drug-likeness (QED) is 0.791. The van der Waals surface area contributed by atoms with Crippen LogP contribution < -0.4 is 9.64 Å². The molecule has 0 radical (unpaired) electrons. The zero-order valence-electron chi connectivity index (χ0n) is 9.51. The van der Waals surface area contributed by atoms with E-state index in [2.05, 4.69) is 4.98 Å². The van der Waals surface area contributed by atoms with E-state index in [1.165, 1.54) is 0 Å². The number of hydrogen-bond donors (Lipinski definition) is 1. The fourth-order valence-electron chi connectivity index (χ4n) is 1.34. The Bertz CT molecular complexity index is 355. The molecule has 1 aromatic heterocycles. The Morgan fingerprint density at radius 1 is 1.62 bits per heavy atom. The minimum absolute atomic E-state index is 0.187. The first-order valence-electron chi connectivity index (χ1n) is 5.06. The number of ether oxygens (including phenoxy) is 1. The highest BCUT2D eigenvalue weighted by atomic mass is 16.5. The third kappa shape index (κ3) is 3.76. The molecule has 0 saturated heterocycles. The number of aliphatic carboxylic acids is 1. The summed E-state index contributed by atoms with van der Waals surface area (Å²) in [4.78, 5) is 16.4. The normalized spacial score (nSPS) is 9.88. The topological polar surface area (TPSA) is 62.7 Å². The van der Waals surface area contributed by atoms with E-state index in [1.54, 1.807) is 13.3 Å². The summed E-state index contributed by atoms with van der Waals surface area (Å²) in [6, 6.07) is 3.68. The smallest absolute Gasteiger partial charge is 0.303 e. The summed E-state index contributed by atoms with van der Waals surface area (Å²) >= 11 is 0. The molecular weight excluding hydrogens is 208 g/mol. The lowest BCUT2D eigenvalue weighted by Crippen LogP contribution is -2.19. The van der Waals surface area contributed by atoms with Gasteiger partial charge in [-0.15, -0.1) is 0 Å². The number of hydrogen-bond acceptors (Lipinski definition) is 4. The van der Waals surface area contributed by atoms with Gasteiger partial charge in [0.15, 0.2) is 0 Å². The highest BCUT2D eigenvalue weighted by Crippen LogP contribution is 2.17. The summed E-state index contributed by atoms with van der Waals surface area (Å²) in [6.07, 6.45) is 2.48. The molecule has 5 nitrogen and oxygen atoms in total. The minimum Gasteiger partial charge on any atom is -0.481 e. The average Bonchev–Trinajstić information content (AvgIpc) is 2.28. The van der Waals surface area contributed by atoms with Gasteiger partial charge in [-0.05, 0) is 12.5 Å². The van der Waals surface area contributed by atoms with Crippen LogP contribution in [0.1, 0.15) is 12.8 Å². The van der Waals surface area contributed by atoms with Crippen LogP contribution in [-0.4, -0.2) is 36.8 Å². The fraction of sp³-hybridized carbons (Fsp3) is 0.455. The van der Waals surface area contributed by atoms with Crippen molar-refractivity contribution in [1.29, 1.82) is 0 Å². The predicted molar refractivity (Wildman–Crippen MR) is 60.9 cm³/mol. The van der Waals surface area contributed by atoms with Crippen LogP contribution >= 0.6 is 0 Å². The molecule has 0 aliphatic carbocycles. The molecular formula is C11H16N2O3. The van der Waals surface area contributed by atoms with Crippen molar-refractivity contribution in [3.8, 4) is 5.88 Å². The van der Waals surface area contributed by atoms with Crippen molar-refractivity contribution < 1.29 is 14.6 Å². The van der Waals surface area contributed by atoms with E-state index in [0.29, 0.717) is 18.8 Å². The summed E-state index contributed by atoms with van der Waals surface area (Å²) < 4.78 is 5.02. The number of methoxy groups -OCH3 is 1. The average molecular weight is 224 g/mol. The molecule has 0 aliphatic rings. The zero-order chi connectivity index (χ0) is 12.0. The lowest BCUT2D eigenvalue weighted by molar-refractivity contribution is -0.137. The molecule has 1 N–H and O–H groups in total. The minimum atomic E-state index is -0.763. The van der Waals surface area contributed by atoms with Gasteiger partial charge in [-0.25, -0.2) is 4.98 Å². The molecule has 1 aromatic rings. The standard InChI is InChI=1S/C11H16N2O3/c1-13(7-3-4-11(14)15)9-5-6-12-10(8-9)16-2/h5-6,8H,3-4,7H2,1-2H3,(H,14,15). The van der Waals surface area contributed by atoms with Gasteiger partial charge in [0, 0.05) is 38.0 Å². The molecule has 88 valence electrons. The molecule has 0 amide bonds. The van der Waals surface area contributed by atoms with Gasteiger partial charge >= 0.3 is 5.97 Å². The molecule has 0 atom stereocenters. The number of rotatable bonds is 6. The van der Waals surface area contributed by atoms with Gasteiger partial charge in [-0.2, -0.15) is 0 Å². The summed E-state index contributed by atoms with van der Waals surface area (Å²) in [7, 11) is 3.48. The molecule has 0 saturated carbocycles. The second-order valence-electron chi connectivity index (χ2n) is 3.48. The number of carboxylic acids is 1. The first-order valence-corrected chi connectivity index (χ1v) is 5.06. The van der Waals surface area contributed by atoms with Crippen LogP contribution in [0, 0.1) is 0 Å². The first kappa shape index (κ1) is 12.3. The zero-order valence-corrected chi connectivity index (χ0v) is 9.51. The Labute approximate surface area is 94.7 Å². The SMILES string of the molecule is COc1cc(N(C)CCCC(=O)O)ccn1. The van der Waals surface area contributed by atoms with Gasteiger partial charge in [0.2, 0.25) is 5.88 Å². The Hall–Kier alpha value is -1.78. The highest BCUT2D eigenvalue weighted by molar-refractivity contribution is 5.66. The third-order valence-corrected chi connectivity index (χ3v) is 2.25. The molecule has 0 unspecified atom stereocenters. The summed E-state index contributed by atoms with van der Waals surface area (Å²) in [5, 5.41) is 8.53. The number of nitrogens with zero attached hydrogens (tertiary/aromatic N) is 2. The molecule has 0 fully saturated rings. The molecule has 5 heteroatoms. The van der Waals surface area contributed by atoms with E-state index >= 15 is 0 Å². The molecule has 0 aromatic carbocycles. The molecule has 1 rings (SSSR count). The number of pyridine rings is 1. The van der Waals surface area contributed by atoms with Crippen LogP contribution in [0.5, 0.6) is 5.88 Å². The maximum absolute atomic E-state index is 10.4. The predicted octanol–water partition coefficient (Wildman–Crippen LogP) is 1.39. The maximum Gasteiger partial charge on any atom is 0.303 e. The van der Waals surface area contributed by atoms with Crippen molar-refractivity contribution >= 4 is 11.7 Å². The van der Waals surface area contributed by atoms with E-state index in [9.17, 15) is 4.79 Å². The molecule has 1 heterocycles. The van der Waals surface area contributed by atoms with Gasteiger partial charge in [-0.3, -0.25) is 4.79 Å². The number of anilines is 1. The van der Waals surface area contributed by atoms with Crippen molar-refractivity contribution in [1.82, 2.24) is 4.98 Å².